The van der Waals surface area contributed by atoms with Crippen molar-refractivity contribution in [2.24, 2.45) is 0 Å². The molecule has 1 fully saturated rings. The molecule has 0 bridgehead atoms. The minimum Gasteiger partial charge on any atom is -0.495 e. The van der Waals surface area contributed by atoms with Gasteiger partial charge in [-0.2, -0.15) is 0 Å². The quantitative estimate of drug-likeness (QED) is 0.805. The van der Waals surface area contributed by atoms with Gasteiger partial charge in [0.1, 0.15) is 5.75 Å². The van der Waals surface area contributed by atoms with Crippen LogP contribution in [0, 0.1) is 0 Å². The Morgan fingerprint density at radius 2 is 2.30 bits per heavy atom. The molecule has 5 nitrogen and oxygen atoms in total. The Labute approximate surface area is 134 Å². The topological polar surface area (TPSA) is 59.6 Å². The molecule has 1 atom stereocenters. The van der Waals surface area contributed by atoms with Gasteiger partial charge < -0.3 is 20.1 Å². The predicted molar refractivity (Wildman–Crippen MR) is 84.3 cm³/mol. The number of hydrogen-bond acceptors (Lipinski definition) is 4. The van der Waals surface area contributed by atoms with E-state index in [1.807, 2.05) is 6.07 Å². The summed E-state index contributed by atoms with van der Waals surface area (Å²) in [5.41, 5.74) is 0.679. The van der Waals surface area contributed by atoms with Crippen LogP contribution in [0.4, 0.5) is 5.69 Å². The van der Waals surface area contributed by atoms with Crippen LogP contribution in [0.5, 0.6) is 5.75 Å². The van der Waals surface area contributed by atoms with E-state index in [1.54, 1.807) is 13.2 Å². The number of amides is 1. The first-order valence-corrected chi connectivity index (χ1v) is 7.84. The monoisotopic (exact) mass is 406 g/mol. The summed E-state index contributed by atoms with van der Waals surface area (Å²) >= 11 is 6.81. The van der Waals surface area contributed by atoms with E-state index in [4.69, 9.17) is 9.47 Å². The van der Waals surface area contributed by atoms with Gasteiger partial charge >= 0.3 is 0 Å². The summed E-state index contributed by atoms with van der Waals surface area (Å²) in [6, 6.07) is 3.61. The van der Waals surface area contributed by atoms with Crippen molar-refractivity contribution in [1.82, 2.24) is 5.32 Å². The molecule has 1 saturated heterocycles. The van der Waals surface area contributed by atoms with Crippen molar-refractivity contribution in [3.05, 3.63) is 21.1 Å². The van der Waals surface area contributed by atoms with Gasteiger partial charge in [-0.25, -0.2) is 0 Å². The SMILES string of the molecule is COc1cc(NC(=O)CC2CNCCO2)c(Br)cc1Br. The molecule has 1 aromatic carbocycles. The van der Waals surface area contributed by atoms with Gasteiger partial charge in [-0.1, -0.05) is 0 Å². The van der Waals surface area contributed by atoms with Gasteiger partial charge in [0.05, 0.1) is 36.4 Å². The van der Waals surface area contributed by atoms with E-state index in [0.29, 0.717) is 31.0 Å². The second kappa shape index (κ2) is 7.40. The summed E-state index contributed by atoms with van der Waals surface area (Å²) in [7, 11) is 1.58. The molecule has 7 heteroatoms. The number of carbonyl (C=O) groups is 1. The zero-order valence-electron chi connectivity index (χ0n) is 11.0. The third kappa shape index (κ3) is 4.18. The van der Waals surface area contributed by atoms with Gasteiger partial charge in [0.15, 0.2) is 0 Å². The molecule has 1 aliphatic rings. The molecule has 1 aromatic rings. The highest BCUT2D eigenvalue weighted by atomic mass is 79.9. The first-order chi connectivity index (χ1) is 9.60. The zero-order valence-corrected chi connectivity index (χ0v) is 14.2. The maximum absolute atomic E-state index is 12.0. The highest BCUT2D eigenvalue weighted by Gasteiger charge is 2.18. The molecule has 2 N–H and O–H groups in total. The molecule has 1 unspecified atom stereocenters. The Morgan fingerprint density at radius 3 is 2.95 bits per heavy atom. The minimum atomic E-state index is -0.0798. The molecular formula is C13H16Br2N2O3. The lowest BCUT2D eigenvalue weighted by Gasteiger charge is -2.23. The lowest BCUT2D eigenvalue weighted by molar-refractivity contribution is -0.119. The van der Waals surface area contributed by atoms with Crippen LogP contribution in [0.25, 0.3) is 0 Å². The molecule has 1 aliphatic heterocycles. The highest BCUT2D eigenvalue weighted by molar-refractivity contribution is 9.11. The summed E-state index contributed by atoms with van der Waals surface area (Å²) < 4.78 is 12.3. The Balaban J connectivity index is 1.99. The average molecular weight is 408 g/mol. The Morgan fingerprint density at radius 1 is 1.50 bits per heavy atom. The van der Waals surface area contributed by atoms with E-state index in [2.05, 4.69) is 42.5 Å². The van der Waals surface area contributed by atoms with Crippen LogP contribution in [0.15, 0.2) is 21.1 Å². The van der Waals surface area contributed by atoms with E-state index in [1.165, 1.54) is 0 Å². The second-order valence-electron chi connectivity index (χ2n) is 4.42. The second-order valence-corrected chi connectivity index (χ2v) is 6.12. The van der Waals surface area contributed by atoms with Crippen molar-refractivity contribution < 1.29 is 14.3 Å². The number of benzene rings is 1. The van der Waals surface area contributed by atoms with Gasteiger partial charge in [-0.3, -0.25) is 4.79 Å². The first kappa shape index (κ1) is 15.8. The molecule has 110 valence electrons. The molecule has 1 amide bonds. The summed E-state index contributed by atoms with van der Waals surface area (Å²) in [6.45, 7) is 2.19. The number of carbonyl (C=O) groups excluding carboxylic acids is 1. The lowest BCUT2D eigenvalue weighted by atomic mass is 10.2. The lowest BCUT2D eigenvalue weighted by Crippen LogP contribution is -2.40. The number of hydrogen-bond donors (Lipinski definition) is 2. The molecule has 0 spiro atoms. The first-order valence-electron chi connectivity index (χ1n) is 6.25. The van der Waals surface area contributed by atoms with Crippen molar-refractivity contribution in [2.45, 2.75) is 12.5 Å². The number of halogens is 2. The zero-order chi connectivity index (χ0) is 14.5. The van der Waals surface area contributed by atoms with Crippen molar-refractivity contribution in [3.8, 4) is 5.75 Å². The van der Waals surface area contributed by atoms with E-state index in [9.17, 15) is 4.79 Å². The molecule has 0 aromatic heterocycles. The molecule has 0 radical (unpaired) electrons. The number of morpholine rings is 1. The van der Waals surface area contributed by atoms with Crippen LogP contribution in [-0.2, 0) is 9.53 Å². The van der Waals surface area contributed by atoms with Crippen LogP contribution in [0.3, 0.4) is 0 Å². The van der Waals surface area contributed by atoms with Gasteiger partial charge in [-0.05, 0) is 37.9 Å². The Kier molecular flexibility index (Phi) is 5.83. The largest absolute Gasteiger partial charge is 0.495 e. The number of anilines is 1. The van der Waals surface area contributed by atoms with Crippen LogP contribution >= 0.6 is 31.9 Å². The van der Waals surface area contributed by atoms with E-state index in [-0.39, 0.29) is 12.0 Å². The van der Waals surface area contributed by atoms with Crippen molar-refractivity contribution in [2.75, 3.05) is 32.1 Å². The maximum Gasteiger partial charge on any atom is 0.227 e. The molecule has 1 heterocycles. The van der Waals surface area contributed by atoms with E-state index < -0.39 is 0 Å². The fourth-order valence-electron chi connectivity index (χ4n) is 1.94. The van der Waals surface area contributed by atoms with Gasteiger partial charge in [-0.15, -0.1) is 0 Å². The van der Waals surface area contributed by atoms with Gasteiger partial charge in [0.25, 0.3) is 0 Å². The summed E-state index contributed by atoms with van der Waals surface area (Å²) in [6.07, 6.45) is 0.262. The smallest absolute Gasteiger partial charge is 0.227 e. The van der Waals surface area contributed by atoms with Crippen LogP contribution < -0.4 is 15.4 Å². The molecular weight excluding hydrogens is 392 g/mol. The highest BCUT2D eigenvalue weighted by Crippen LogP contribution is 2.34. The third-order valence-corrected chi connectivity index (χ3v) is 4.21. The number of nitrogens with one attached hydrogen (secondary N) is 2. The van der Waals surface area contributed by atoms with E-state index in [0.717, 1.165) is 15.5 Å². The maximum atomic E-state index is 12.0. The van der Waals surface area contributed by atoms with E-state index >= 15 is 0 Å². The molecule has 0 aliphatic carbocycles. The summed E-state index contributed by atoms with van der Waals surface area (Å²) in [5, 5.41) is 6.07. The van der Waals surface area contributed by atoms with Crippen LogP contribution in [-0.4, -0.2) is 38.8 Å². The summed E-state index contributed by atoms with van der Waals surface area (Å²) in [4.78, 5) is 12.0. The average Bonchev–Trinajstić information content (AvgIpc) is 2.43. The minimum absolute atomic E-state index is 0.0696. The number of methoxy groups -OCH3 is 1. The van der Waals surface area contributed by atoms with Crippen molar-refractivity contribution >= 4 is 43.5 Å². The molecule has 0 saturated carbocycles. The predicted octanol–water partition coefficient (Wildman–Crippen LogP) is 2.54. The normalized spacial score (nSPS) is 18.6. The van der Waals surface area contributed by atoms with Crippen LogP contribution in [0.1, 0.15) is 6.42 Å². The van der Waals surface area contributed by atoms with Gasteiger partial charge in [0, 0.05) is 23.6 Å². The van der Waals surface area contributed by atoms with Crippen molar-refractivity contribution in [1.29, 1.82) is 0 Å². The van der Waals surface area contributed by atoms with Crippen molar-refractivity contribution in [3.63, 3.8) is 0 Å². The summed E-state index contributed by atoms with van der Waals surface area (Å²) in [5.74, 6) is 0.586. The standard InChI is InChI=1S/C13H16Br2N2O3/c1-19-12-6-11(9(14)5-10(12)15)17-13(18)4-8-7-16-2-3-20-8/h5-6,8,16H,2-4,7H2,1H3,(H,17,18). The van der Waals surface area contributed by atoms with Gasteiger partial charge in [0.2, 0.25) is 5.91 Å². The number of rotatable bonds is 4. The Hall–Kier alpha value is -0.630. The Bertz CT molecular complexity index is 491. The molecule has 2 rings (SSSR count). The molecule has 20 heavy (non-hydrogen) atoms. The fourth-order valence-corrected chi connectivity index (χ4v) is 3.20. The number of ether oxygens (including phenoxy) is 2. The van der Waals surface area contributed by atoms with Crippen LogP contribution in [0.2, 0.25) is 0 Å². The third-order valence-electron chi connectivity index (χ3n) is 2.93. The fraction of sp³-hybridized carbons (Fsp3) is 0.462.